The highest BCUT2D eigenvalue weighted by Crippen LogP contribution is 2.31. The monoisotopic (exact) mass is 195 g/mol. The van der Waals surface area contributed by atoms with Crippen molar-refractivity contribution in [1.29, 1.82) is 0 Å². The smallest absolute Gasteiger partial charge is 0.297 e. The normalized spacial score (nSPS) is 18.2. The summed E-state index contributed by atoms with van der Waals surface area (Å²) in [7, 11) is 0. The highest BCUT2D eigenvalue weighted by molar-refractivity contribution is 5.31. The van der Waals surface area contributed by atoms with E-state index in [0.29, 0.717) is 6.04 Å². The molecule has 1 aromatic rings. The van der Waals surface area contributed by atoms with Crippen LogP contribution in [0.4, 0.5) is 6.01 Å². The molecule has 2 N–H and O–H groups in total. The van der Waals surface area contributed by atoms with Crippen molar-refractivity contribution in [2.75, 3.05) is 11.4 Å². The summed E-state index contributed by atoms with van der Waals surface area (Å²) in [5, 5.41) is 0. The fraction of sp³-hybridized carbons (Fsp3) is 0.700. The summed E-state index contributed by atoms with van der Waals surface area (Å²) in [5.74, 6) is 0.857. The summed E-state index contributed by atoms with van der Waals surface area (Å²) in [4.78, 5) is 6.41. The minimum absolute atomic E-state index is 0.155. The number of nitrogens with zero attached hydrogens (tertiary/aromatic N) is 2. The number of oxazole rings is 1. The molecule has 1 atom stereocenters. The van der Waals surface area contributed by atoms with Gasteiger partial charge in [-0.15, -0.1) is 0 Å². The SMILES string of the molecule is Cc1cnc(N(CC(C)N)C2CC2)o1. The standard InChI is InChI=1S/C10H17N3O/c1-7(11)6-13(9-3-4-9)10-12-5-8(2)14-10/h5,7,9H,3-4,6,11H2,1-2H3. The molecule has 4 nitrogen and oxygen atoms in total. The number of hydrogen-bond donors (Lipinski definition) is 1. The summed E-state index contributed by atoms with van der Waals surface area (Å²) in [5.41, 5.74) is 5.79. The van der Waals surface area contributed by atoms with Crippen molar-refractivity contribution < 1.29 is 4.42 Å². The van der Waals surface area contributed by atoms with Crippen molar-refractivity contribution >= 4 is 6.01 Å². The van der Waals surface area contributed by atoms with E-state index in [0.717, 1.165) is 18.3 Å². The Bertz CT molecular complexity index is 304. The quantitative estimate of drug-likeness (QED) is 0.786. The first-order valence-electron chi connectivity index (χ1n) is 5.11. The molecular weight excluding hydrogens is 178 g/mol. The zero-order valence-electron chi connectivity index (χ0n) is 8.73. The molecule has 1 aromatic heterocycles. The molecule has 1 aliphatic rings. The van der Waals surface area contributed by atoms with E-state index < -0.39 is 0 Å². The number of rotatable bonds is 4. The molecule has 0 aliphatic heterocycles. The number of aryl methyl sites for hydroxylation is 1. The molecule has 0 radical (unpaired) electrons. The van der Waals surface area contributed by atoms with Crippen molar-refractivity contribution in [3.8, 4) is 0 Å². The van der Waals surface area contributed by atoms with Gasteiger partial charge >= 0.3 is 0 Å². The molecule has 78 valence electrons. The number of anilines is 1. The summed E-state index contributed by atoms with van der Waals surface area (Å²) in [6.45, 7) is 4.74. The maximum absolute atomic E-state index is 5.79. The predicted octanol–water partition coefficient (Wildman–Crippen LogP) is 1.30. The highest BCUT2D eigenvalue weighted by atomic mass is 16.4. The second-order valence-electron chi connectivity index (χ2n) is 4.11. The van der Waals surface area contributed by atoms with Crippen LogP contribution in [-0.4, -0.2) is 23.6 Å². The third-order valence-electron chi connectivity index (χ3n) is 2.33. The van der Waals surface area contributed by atoms with E-state index in [1.165, 1.54) is 12.8 Å². The van der Waals surface area contributed by atoms with Gasteiger partial charge in [0, 0.05) is 18.6 Å². The van der Waals surface area contributed by atoms with Crippen molar-refractivity contribution in [2.24, 2.45) is 5.73 Å². The molecule has 0 saturated heterocycles. The third kappa shape index (κ3) is 2.07. The summed E-state index contributed by atoms with van der Waals surface area (Å²) in [6, 6.07) is 1.48. The first-order chi connectivity index (χ1) is 6.66. The largest absolute Gasteiger partial charge is 0.429 e. The topological polar surface area (TPSA) is 55.3 Å². The first kappa shape index (κ1) is 9.52. The van der Waals surface area contributed by atoms with E-state index in [1.54, 1.807) is 6.20 Å². The lowest BCUT2D eigenvalue weighted by atomic mass is 10.3. The second-order valence-corrected chi connectivity index (χ2v) is 4.11. The zero-order chi connectivity index (χ0) is 10.1. The van der Waals surface area contributed by atoms with E-state index in [4.69, 9.17) is 10.2 Å². The Morgan fingerprint density at radius 2 is 2.43 bits per heavy atom. The Balaban J connectivity index is 2.09. The average molecular weight is 195 g/mol. The molecule has 1 unspecified atom stereocenters. The van der Waals surface area contributed by atoms with Crippen LogP contribution >= 0.6 is 0 Å². The second kappa shape index (κ2) is 3.61. The van der Waals surface area contributed by atoms with E-state index in [2.05, 4.69) is 9.88 Å². The van der Waals surface area contributed by atoms with Gasteiger partial charge in [-0.3, -0.25) is 0 Å². The van der Waals surface area contributed by atoms with E-state index >= 15 is 0 Å². The molecule has 0 bridgehead atoms. The minimum Gasteiger partial charge on any atom is -0.429 e. The molecule has 1 heterocycles. The van der Waals surface area contributed by atoms with Gasteiger partial charge in [0.1, 0.15) is 5.76 Å². The molecule has 14 heavy (non-hydrogen) atoms. The Morgan fingerprint density at radius 1 is 1.71 bits per heavy atom. The van der Waals surface area contributed by atoms with Gasteiger partial charge in [-0.25, -0.2) is 4.98 Å². The fourth-order valence-corrected chi connectivity index (χ4v) is 1.56. The van der Waals surface area contributed by atoms with Gasteiger partial charge in [-0.1, -0.05) is 0 Å². The van der Waals surface area contributed by atoms with Crippen molar-refractivity contribution in [3.05, 3.63) is 12.0 Å². The number of aromatic nitrogens is 1. The molecule has 1 saturated carbocycles. The number of hydrogen-bond acceptors (Lipinski definition) is 4. The van der Waals surface area contributed by atoms with Crippen LogP contribution in [0.1, 0.15) is 25.5 Å². The van der Waals surface area contributed by atoms with Crippen LogP contribution in [0.5, 0.6) is 0 Å². The van der Waals surface area contributed by atoms with E-state index in [1.807, 2.05) is 13.8 Å². The van der Waals surface area contributed by atoms with Crippen LogP contribution in [0, 0.1) is 6.92 Å². The molecule has 0 spiro atoms. The molecular formula is C10H17N3O. The molecule has 1 fully saturated rings. The minimum atomic E-state index is 0.155. The average Bonchev–Trinajstić information content (AvgIpc) is 2.85. The van der Waals surface area contributed by atoms with Gasteiger partial charge in [0.25, 0.3) is 6.01 Å². The Morgan fingerprint density at radius 3 is 2.86 bits per heavy atom. The van der Waals surface area contributed by atoms with Gasteiger partial charge in [0.05, 0.1) is 6.20 Å². The van der Waals surface area contributed by atoms with Crippen LogP contribution < -0.4 is 10.6 Å². The van der Waals surface area contributed by atoms with Crippen LogP contribution in [-0.2, 0) is 0 Å². The molecule has 0 amide bonds. The maximum Gasteiger partial charge on any atom is 0.297 e. The number of nitrogens with two attached hydrogens (primary N) is 1. The van der Waals surface area contributed by atoms with Gasteiger partial charge in [-0.2, -0.15) is 0 Å². The first-order valence-corrected chi connectivity index (χ1v) is 5.11. The van der Waals surface area contributed by atoms with Crippen molar-refractivity contribution in [1.82, 2.24) is 4.98 Å². The molecule has 1 aliphatic carbocycles. The van der Waals surface area contributed by atoms with Crippen molar-refractivity contribution in [3.63, 3.8) is 0 Å². The van der Waals surface area contributed by atoms with Crippen LogP contribution in [0.15, 0.2) is 10.6 Å². The highest BCUT2D eigenvalue weighted by Gasteiger charge is 2.32. The van der Waals surface area contributed by atoms with Crippen LogP contribution in [0.2, 0.25) is 0 Å². The molecule has 0 aromatic carbocycles. The van der Waals surface area contributed by atoms with Crippen LogP contribution in [0.25, 0.3) is 0 Å². The lowest BCUT2D eigenvalue weighted by Crippen LogP contribution is -2.37. The van der Waals surface area contributed by atoms with Crippen molar-refractivity contribution in [2.45, 2.75) is 38.8 Å². The Kier molecular flexibility index (Phi) is 2.46. The third-order valence-corrected chi connectivity index (χ3v) is 2.33. The Hall–Kier alpha value is -1.03. The zero-order valence-corrected chi connectivity index (χ0v) is 8.73. The fourth-order valence-electron chi connectivity index (χ4n) is 1.56. The summed E-state index contributed by atoms with van der Waals surface area (Å²) >= 11 is 0. The van der Waals surface area contributed by atoms with E-state index in [-0.39, 0.29) is 6.04 Å². The lowest BCUT2D eigenvalue weighted by molar-refractivity contribution is 0.498. The van der Waals surface area contributed by atoms with Gasteiger partial charge in [-0.05, 0) is 26.7 Å². The Labute approximate surface area is 84.1 Å². The lowest BCUT2D eigenvalue weighted by Gasteiger charge is -2.21. The predicted molar refractivity (Wildman–Crippen MR) is 55.3 cm³/mol. The maximum atomic E-state index is 5.79. The van der Waals surface area contributed by atoms with Gasteiger partial charge in [0.2, 0.25) is 0 Å². The molecule has 2 rings (SSSR count). The summed E-state index contributed by atoms with van der Waals surface area (Å²) < 4.78 is 5.51. The van der Waals surface area contributed by atoms with Crippen LogP contribution in [0.3, 0.4) is 0 Å². The van der Waals surface area contributed by atoms with E-state index in [9.17, 15) is 0 Å². The molecule has 4 heteroatoms. The van der Waals surface area contributed by atoms with Gasteiger partial charge < -0.3 is 15.1 Å². The van der Waals surface area contributed by atoms with Gasteiger partial charge in [0.15, 0.2) is 0 Å². The summed E-state index contributed by atoms with van der Waals surface area (Å²) in [6.07, 6.45) is 4.22.